The minimum atomic E-state index is -0.175. The fourth-order valence-electron chi connectivity index (χ4n) is 0.961. The highest BCUT2D eigenvalue weighted by molar-refractivity contribution is 5.46. The number of rotatable bonds is 4. The summed E-state index contributed by atoms with van der Waals surface area (Å²) in [6.45, 7) is 2.59. The molecular formula is C10H12N2O2. The van der Waals surface area contributed by atoms with E-state index in [0.717, 1.165) is 12.8 Å². The van der Waals surface area contributed by atoms with Crippen LogP contribution in [0.2, 0.25) is 0 Å². The van der Waals surface area contributed by atoms with Crippen LogP contribution in [0.1, 0.15) is 25.5 Å². The van der Waals surface area contributed by atoms with Crippen LogP contribution >= 0.6 is 0 Å². The molecule has 0 saturated carbocycles. The van der Waals surface area contributed by atoms with Crippen molar-refractivity contribution in [1.82, 2.24) is 4.98 Å². The Morgan fingerprint density at radius 2 is 2.43 bits per heavy atom. The van der Waals surface area contributed by atoms with E-state index < -0.39 is 0 Å². The van der Waals surface area contributed by atoms with E-state index in [0.29, 0.717) is 12.4 Å². The van der Waals surface area contributed by atoms with Gasteiger partial charge >= 0.3 is 0 Å². The molecule has 0 aromatic carbocycles. The number of nitriles is 1. The van der Waals surface area contributed by atoms with Gasteiger partial charge in [0.15, 0.2) is 17.2 Å². The highest BCUT2D eigenvalue weighted by atomic mass is 16.5. The lowest BCUT2D eigenvalue weighted by molar-refractivity contribution is 0.292. The number of nitrogens with zero attached hydrogens (tertiary/aromatic N) is 2. The van der Waals surface area contributed by atoms with Crippen LogP contribution < -0.4 is 4.74 Å². The van der Waals surface area contributed by atoms with Crippen molar-refractivity contribution in [3.05, 3.63) is 18.0 Å². The Kier molecular flexibility index (Phi) is 3.74. The Morgan fingerprint density at radius 1 is 1.64 bits per heavy atom. The van der Waals surface area contributed by atoms with Crippen LogP contribution in [0, 0.1) is 11.3 Å². The zero-order chi connectivity index (χ0) is 10.4. The fourth-order valence-corrected chi connectivity index (χ4v) is 0.961. The summed E-state index contributed by atoms with van der Waals surface area (Å²) in [5.41, 5.74) is -0.000927. The largest absolute Gasteiger partial charge is 0.502 e. The van der Waals surface area contributed by atoms with Gasteiger partial charge in [0.2, 0.25) is 0 Å². The van der Waals surface area contributed by atoms with E-state index in [9.17, 15) is 5.11 Å². The lowest BCUT2D eigenvalue weighted by Crippen LogP contribution is -1.98. The Hall–Kier alpha value is -1.76. The second kappa shape index (κ2) is 5.07. The Bertz CT molecular complexity index is 344. The van der Waals surface area contributed by atoms with Gasteiger partial charge < -0.3 is 9.84 Å². The SMILES string of the molecule is CCCCOc1ccnc(C#N)c1O. The number of aromatic nitrogens is 1. The van der Waals surface area contributed by atoms with E-state index in [-0.39, 0.29) is 11.4 Å². The second-order valence-corrected chi connectivity index (χ2v) is 2.82. The summed E-state index contributed by atoms with van der Waals surface area (Å²) >= 11 is 0. The highest BCUT2D eigenvalue weighted by Crippen LogP contribution is 2.27. The summed E-state index contributed by atoms with van der Waals surface area (Å²) < 4.78 is 5.28. The number of hydrogen-bond donors (Lipinski definition) is 1. The molecule has 1 N–H and O–H groups in total. The van der Waals surface area contributed by atoms with Gasteiger partial charge in [-0.25, -0.2) is 4.98 Å². The van der Waals surface area contributed by atoms with Crippen molar-refractivity contribution in [2.45, 2.75) is 19.8 Å². The van der Waals surface area contributed by atoms with Gasteiger partial charge in [-0.3, -0.25) is 0 Å². The van der Waals surface area contributed by atoms with Gasteiger partial charge in [0.25, 0.3) is 0 Å². The van der Waals surface area contributed by atoms with Gasteiger partial charge in [0, 0.05) is 12.3 Å². The number of unbranched alkanes of at least 4 members (excludes halogenated alkanes) is 1. The maximum Gasteiger partial charge on any atom is 0.195 e. The van der Waals surface area contributed by atoms with E-state index in [1.807, 2.05) is 0 Å². The van der Waals surface area contributed by atoms with Crippen molar-refractivity contribution in [3.8, 4) is 17.6 Å². The van der Waals surface area contributed by atoms with Gasteiger partial charge in [-0.15, -0.1) is 0 Å². The quantitative estimate of drug-likeness (QED) is 0.739. The third-order valence-electron chi connectivity index (χ3n) is 1.75. The summed E-state index contributed by atoms with van der Waals surface area (Å²) in [5, 5.41) is 18.1. The molecule has 0 aliphatic heterocycles. The van der Waals surface area contributed by atoms with Crippen molar-refractivity contribution in [3.63, 3.8) is 0 Å². The average molecular weight is 192 g/mol. The zero-order valence-electron chi connectivity index (χ0n) is 8.03. The number of hydrogen-bond acceptors (Lipinski definition) is 4. The molecule has 0 bridgehead atoms. The lowest BCUT2D eigenvalue weighted by Gasteiger charge is -2.06. The normalized spacial score (nSPS) is 9.43. The topological polar surface area (TPSA) is 66.1 Å². The summed E-state index contributed by atoms with van der Waals surface area (Å²) in [6.07, 6.45) is 3.39. The maximum absolute atomic E-state index is 9.48. The first-order valence-electron chi connectivity index (χ1n) is 4.50. The number of pyridine rings is 1. The van der Waals surface area contributed by atoms with Gasteiger partial charge in [-0.05, 0) is 6.42 Å². The molecule has 1 rings (SSSR count). The van der Waals surface area contributed by atoms with Gasteiger partial charge in [0.1, 0.15) is 6.07 Å². The monoisotopic (exact) mass is 192 g/mol. The molecule has 4 heteroatoms. The van der Waals surface area contributed by atoms with E-state index in [4.69, 9.17) is 10.00 Å². The molecule has 0 aliphatic rings. The standard InChI is InChI=1S/C10H12N2O2/c1-2-3-6-14-9-4-5-12-8(7-11)10(9)13/h4-5,13H,2-3,6H2,1H3. The van der Waals surface area contributed by atoms with E-state index >= 15 is 0 Å². The van der Waals surface area contributed by atoms with Crippen molar-refractivity contribution in [1.29, 1.82) is 5.26 Å². The molecule has 1 heterocycles. The van der Waals surface area contributed by atoms with E-state index in [2.05, 4.69) is 11.9 Å². The smallest absolute Gasteiger partial charge is 0.195 e. The maximum atomic E-state index is 9.48. The van der Waals surface area contributed by atoms with E-state index in [1.165, 1.54) is 6.20 Å². The zero-order valence-corrected chi connectivity index (χ0v) is 8.03. The fraction of sp³-hybridized carbons (Fsp3) is 0.400. The molecule has 0 atom stereocenters. The first-order chi connectivity index (χ1) is 6.79. The molecular weight excluding hydrogens is 180 g/mol. The molecule has 0 radical (unpaired) electrons. The molecule has 0 amide bonds. The summed E-state index contributed by atoms with van der Waals surface area (Å²) in [6, 6.07) is 3.33. The van der Waals surface area contributed by atoms with Crippen molar-refractivity contribution in [2.24, 2.45) is 0 Å². The first kappa shape index (κ1) is 10.3. The molecule has 0 aliphatic carbocycles. The van der Waals surface area contributed by atoms with Crippen LogP contribution in [0.3, 0.4) is 0 Å². The Morgan fingerprint density at radius 3 is 3.07 bits per heavy atom. The van der Waals surface area contributed by atoms with E-state index in [1.54, 1.807) is 12.1 Å². The van der Waals surface area contributed by atoms with Crippen LogP contribution in [0.25, 0.3) is 0 Å². The lowest BCUT2D eigenvalue weighted by atomic mass is 10.3. The minimum Gasteiger partial charge on any atom is -0.502 e. The molecule has 4 nitrogen and oxygen atoms in total. The van der Waals surface area contributed by atoms with Crippen molar-refractivity contribution >= 4 is 0 Å². The minimum absolute atomic E-state index is 0.000927. The van der Waals surface area contributed by atoms with Crippen molar-refractivity contribution in [2.75, 3.05) is 6.61 Å². The third kappa shape index (κ3) is 2.36. The summed E-state index contributed by atoms with van der Waals surface area (Å²) in [5.74, 6) is 0.149. The number of ether oxygens (including phenoxy) is 1. The number of aromatic hydroxyl groups is 1. The molecule has 14 heavy (non-hydrogen) atoms. The van der Waals surface area contributed by atoms with Crippen LogP contribution in [-0.4, -0.2) is 16.7 Å². The first-order valence-corrected chi connectivity index (χ1v) is 4.50. The Labute approximate surface area is 82.8 Å². The van der Waals surface area contributed by atoms with Gasteiger partial charge in [-0.1, -0.05) is 13.3 Å². The molecule has 0 saturated heterocycles. The molecule has 0 unspecified atom stereocenters. The van der Waals surface area contributed by atoms with Crippen LogP contribution in [-0.2, 0) is 0 Å². The Balaban J connectivity index is 2.73. The predicted octanol–water partition coefficient (Wildman–Crippen LogP) is 1.84. The van der Waals surface area contributed by atoms with Gasteiger partial charge in [0.05, 0.1) is 6.61 Å². The molecule has 1 aromatic rings. The third-order valence-corrected chi connectivity index (χ3v) is 1.75. The second-order valence-electron chi connectivity index (χ2n) is 2.82. The molecule has 0 fully saturated rings. The molecule has 0 spiro atoms. The summed E-state index contributed by atoms with van der Waals surface area (Å²) in [7, 11) is 0. The molecule has 1 aromatic heterocycles. The van der Waals surface area contributed by atoms with Crippen molar-refractivity contribution < 1.29 is 9.84 Å². The van der Waals surface area contributed by atoms with Crippen LogP contribution in [0.4, 0.5) is 0 Å². The predicted molar refractivity (Wildman–Crippen MR) is 51.0 cm³/mol. The summed E-state index contributed by atoms with van der Waals surface area (Å²) in [4.78, 5) is 3.69. The van der Waals surface area contributed by atoms with Crippen LogP contribution in [0.15, 0.2) is 12.3 Å². The van der Waals surface area contributed by atoms with Gasteiger partial charge in [-0.2, -0.15) is 5.26 Å². The molecule has 74 valence electrons. The van der Waals surface area contributed by atoms with Crippen LogP contribution in [0.5, 0.6) is 11.5 Å². The highest BCUT2D eigenvalue weighted by Gasteiger charge is 2.08. The average Bonchev–Trinajstić information content (AvgIpc) is 2.21.